The fourth-order valence-electron chi connectivity index (χ4n) is 2.26. The molecule has 0 unspecified atom stereocenters. The van der Waals surface area contributed by atoms with Crippen molar-refractivity contribution in [1.29, 1.82) is 0 Å². The Morgan fingerprint density at radius 3 is 2.71 bits per heavy atom. The van der Waals surface area contributed by atoms with Gasteiger partial charge in [0.05, 0.1) is 6.10 Å². The first-order valence-corrected chi connectivity index (χ1v) is 5.12. The Kier molecular flexibility index (Phi) is 2.57. The van der Waals surface area contributed by atoms with Crippen LogP contribution in [-0.2, 0) is 6.42 Å². The lowest BCUT2D eigenvalue weighted by atomic mass is 9.85. The van der Waals surface area contributed by atoms with Gasteiger partial charge in [-0.15, -0.1) is 0 Å². The number of hydrogen-bond donors (Lipinski definition) is 1. The first-order chi connectivity index (χ1) is 6.70. The molecule has 0 aromatic heterocycles. The van der Waals surface area contributed by atoms with E-state index < -0.39 is 0 Å². The largest absolute Gasteiger partial charge is 0.387 e. The second-order valence-electron chi connectivity index (χ2n) is 4.21. The Labute approximate surface area is 85.2 Å². The highest BCUT2D eigenvalue weighted by molar-refractivity contribution is 5.32. The van der Waals surface area contributed by atoms with Gasteiger partial charge in [-0.3, -0.25) is 0 Å². The number of aryl methyl sites for hydroxylation is 1. The molecule has 2 atom stereocenters. The number of likely N-dealkylation sites (N-methyl/N-ethyl adjacent to an activating group) is 1. The highest BCUT2D eigenvalue weighted by Crippen LogP contribution is 2.31. The topological polar surface area (TPSA) is 23.5 Å². The molecule has 0 aliphatic heterocycles. The zero-order valence-corrected chi connectivity index (χ0v) is 8.77. The third-order valence-electron chi connectivity index (χ3n) is 3.11. The molecule has 1 aromatic carbocycles. The van der Waals surface area contributed by atoms with Crippen molar-refractivity contribution in [3.05, 3.63) is 35.4 Å². The first kappa shape index (κ1) is 9.69. The summed E-state index contributed by atoms with van der Waals surface area (Å²) in [6.45, 7) is 0. The summed E-state index contributed by atoms with van der Waals surface area (Å²) in [6.07, 6.45) is 1.80. The van der Waals surface area contributed by atoms with Gasteiger partial charge < -0.3 is 10.0 Å². The van der Waals surface area contributed by atoms with Crippen molar-refractivity contribution in [3.63, 3.8) is 0 Å². The van der Waals surface area contributed by atoms with Crippen LogP contribution in [0.1, 0.15) is 23.7 Å². The molecule has 0 spiro atoms. The molecule has 1 aliphatic rings. The van der Waals surface area contributed by atoms with E-state index in [-0.39, 0.29) is 12.1 Å². The van der Waals surface area contributed by atoms with Crippen LogP contribution in [-0.4, -0.2) is 30.1 Å². The van der Waals surface area contributed by atoms with Gasteiger partial charge in [-0.05, 0) is 38.1 Å². The van der Waals surface area contributed by atoms with Crippen LogP contribution in [0.15, 0.2) is 24.3 Å². The highest BCUT2D eigenvalue weighted by Gasteiger charge is 2.28. The van der Waals surface area contributed by atoms with E-state index >= 15 is 0 Å². The van der Waals surface area contributed by atoms with E-state index in [0.717, 1.165) is 18.4 Å². The number of benzene rings is 1. The van der Waals surface area contributed by atoms with Crippen LogP contribution in [0.2, 0.25) is 0 Å². The Morgan fingerprint density at radius 1 is 1.29 bits per heavy atom. The Hall–Kier alpha value is -0.860. The monoisotopic (exact) mass is 191 g/mol. The Morgan fingerprint density at radius 2 is 2.00 bits per heavy atom. The molecule has 0 bridgehead atoms. The predicted molar refractivity (Wildman–Crippen MR) is 57.2 cm³/mol. The summed E-state index contributed by atoms with van der Waals surface area (Å²) in [5.74, 6) is 0. The summed E-state index contributed by atoms with van der Waals surface area (Å²) in [5, 5.41) is 10.1. The normalized spacial score (nSPS) is 26.3. The van der Waals surface area contributed by atoms with Crippen LogP contribution in [0.5, 0.6) is 0 Å². The minimum atomic E-state index is -0.324. The number of fused-ring (bicyclic) bond motifs is 1. The van der Waals surface area contributed by atoms with E-state index in [1.807, 2.05) is 32.3 Å². The molecule has 0 heterocycles. The molecule has 14 heavy (non-hydrogen) atoms. The van der Waals surface area contributed by atoms with Gasteiger partial charge in [0.25, 0.3) is 0 Å². The minimum Gasteiger partial charge on any atom is -0.387 e. The first-order valence-electron chi connectivity index (χ1n) is 5.12. The Balaban J connectivity index is 2.31. The lowest BCUT2D eigenvalue weighted by Gasteiger charge is -2.34. The van der Waals surface area contributed by atoms with Gasteiger partial charge in [0.2, 0.25) is 0 Å². The number of aliphatic hydroxyl groups is 1. The van der Waals surface area contributed by atoms with Gasteiger partial charge in [0, 0.05) is 6.04 Å². The fraction of sp³-hybridized carbons (Fsp3) is 0.500. The van der Waals surface area contributed by atoms with Crippen LogP contribution in [0, 0.1) is 0 Å². The minimum absolute atomic E-state index is 0.268. The molecule has 2 heteroatoms. The summed E-state index contributed by atoms with van der Waals surface area (Å²) >= 11 is 0. The van der Waals surface area contributed by atoms with Gasteiger partial charge in [0.15, 0.2) is 0 Å². The SMILES string of the molecule is CN(C)[C@@H]1CCc2ccccc2[C@@H]1O. The molecule has 1 N–H and O–H groups in total. The summed E-state index contributed by atoms with van der Waals surface area (Å²) < 4.78 is 0. The van der Waals surface area contributed by atoms with E-state index in [4.69, 9.17) is 0 Å². The summed E-state index contributed by atoms with van der Waals surface area (Å²) in [6, 6.07) is 8.46. The third kappa shape index (κ3) is 1.56. The molecule has 2 nitrogen and oxygen atoms in total. The summed E-state index contributed by atoms with van der Waals surface area (Å²) in [4.78, 5) is 2.11. The van der Waals surface area contributed by atoms with Crippen molar-refractivity contribution in [2.45, 2.75) is 25.0 Å². The standard InChI is InChI=1S/C12H17NO/c1-13(2)11-8-7-9-5-3-4-6-10(9)12(11)14/h3-6,11-12,14H,7-8H2,1-2H3/t11-,12+/m1/s1. The van der Waals surface area contributed by atoms with Crippen LogP contribution in [0.4, 0.5) is 0 Å². The highest BCUT2D eigenvalue weighted by atomic mass is 16.3. The van der Waals surface area contributed by atoms with Crippen molar-refractivity contribution in [1.82, 2.24) is 4.90 Å². The Bertz CT molecular complexity index is 322. The molecule has 76 valence electrons. The quantitative estimate of drug-likeness (QED) is 0.728. The molecule has 0 saturated carbocycles. The molecule has 0 radical (unpaired) electrons. The maximum Gasteiger partial charge on any atom is 0.0947 e. The average molecular weight is 191 g/mol. The predicted octanol–water partition coefficient (Wildman–Crippen LogP) is 1.60. The molecule has 0 amide bonds. The second-order valence-corrected chi connectivity index (χ2v) is 4.21. The average Bonchev–Trinajstić information content (AvgIpc) is 2.18. The van der Waals surface area contributed by atoms with E-state index in [0.29, 0.717) is 0 Å². The van der Waals surface area contributed by atoms with Crippen molar-refractivity contribution in [3.8, 4) is 0 Å². The van der Waals surface area contributed by atoms with Crippen molar-refractivity contribution >= 4 is 0 Å². The maximum absolute atomic E-state index is 10.1. The molecule has 1 aliphatic carbocycles. The summed E-state index contributed by atoms with van der Waals surface area (Å²) in [7, 11) is 4.06. The van der Waals surface area contributed by atoms with Crippen molar-refractivity contribution < 1.29 is 5.11 Å². The zero-order valence-electron chi connectivity index (χ0n) is 8.77. The fourth-order valence-corrected chi connectivity index (χ4v) is 2.26. The lowest BCUT2D eigenvalue weighted by Crippen LogP contribution is -2.37. The number of nitrogens with zero attached hydrogens (tertiary/aromatic N) is 1. The molecule has 2 rings (SSSR count). The maximum atomic E-state index is 10.1. The van der Waals surface area contributed by atoms with Crippen LogP contribution in [0.25, 0.3) is 0 Å². The van der Waals surface area contributed by atoms with E-state index in [9.17, 15) is 5.11 Å². The third-order valence-corrected chi connectivity index (χ3v) is 3.11. The van der Waals surface area contributed by atoms with Gasteiger partial charge in [0.1, 0.15) is 0 Å². The smallest absolute Gasteiger partial charge is 0.0947 e. The molecular formula is C12H17NO. The van der Waals surface area contributed by atoms with Crippen molar-refractivity contribution in [2.75, 3.05) is 14.1 Å². The second kappa shape index (κ2) is 3.71. The van der Waals surface area contributed by atoms with Gasteiger partial charge in [-0.25, -0.2) is 0 Å². The number of hydrogen-bond acceptors (Lipinski definition) is 2. The lowest BCUT2D eigenvalue weighted by molar-refractivity contribution is 0.0628. The van der Waals surface area contributed by atoms with Crippen LogP contribution >= 0.6 is 0 Å². The zero-order chi connectivity index (χ0) is 10.1. The molecular weight excluding hydrogens is 174 g/mol. The van der Waals surface area contributed by atoms with E-state index in [1.165, 1.54) is 5.56 Å². The van der Waals surface area contributed by atoms with Gasteiger partial charge >= 0.3 is 0 Å². The number of rotatable bonds is 1. The van der Waals surface area contributed by atoms with Gasteiger partial charge in [-0.1, -0.05) is 24.3 Å². The molecule has 1 aromatic rings. The molecule has 0 fully saturated rings. The summed E-state index contributed by atoms with van der Waals surface area (Å²) in [5.41, 5.74) is 2.41. The van der Waals surface area contributed by atoms with Gasteiger partial charge in [-0.2, -0.15) is 0 Å². The van der Waals surface area contributed by atoms with Crippen LogP contribution < -0.4 is 0 Å². The molecule has 0 saturated heterocycles. The van der Waals surface area contributed by atoms with E-state index in [1.54, 1.807) is 0 Å². The van der Waals surface area contributed by atoms with Crippen molar-refractivity contribution in [2.24, 2.45) is 0 Å². The number of aliphatic hydroxyl groups excluding tert-OH is 1. The van der Waals surface area contributed by atoms with E-state index in [2.05, 4.69) is 11.0 Å². The van der Waals surface area contributed by atoms with Crippen LogP contribution in [0.3, 0.4) is 0 Å².